The number of aromatic amines is 1. The molecule has 1 aromatic carbocycles. The van der Waals surface area contributed by atoms with Crippen LogP contribution in [-0.2, 0) is 17.9 Å². The van der Waals surface area contributed by atoms with Gasteiger partial charge in [-0.3, -0.25) is 9.89 Å². The van der Waals surface area contributed by atoms with Gasteiger partial charge in [-0.15, -0.1) is 0 Å². The number of ether oxygens (including phenoxy) is 1. The molecule has 4 rings (SSSR count). The number of aromatic nitrogens is 5. The summed E-state index contributed by atoms with van der Waals surface area (Å²) in [5.41, 5.74) is 1.87. The molecule has 30 heavy (non-hydrogen) atoms. The first-order chi connectivity index (χ1) is 14.5. The molecule has 0 bridgehead atoms. The molecule has 1 N–H and O–H groups in total. The molecule has 0 radical (unpaired) electrons. The number of amides is 1. The van der Waals surface area contributed by atoms with E-state index in [2.05, 4.69) is 20.3 Å². The summed E-state index contributed by atoms with van der Waals surface area (Å²) >= 11 is 5.98. The predicted octanol–water partition coefficient (Wildman–Crippen LogP) is 3.26. The van der Waals surface area contributed by atoms with Crippen LogP contribution in [-0.4, -0.2) is 48.9 Å². The number of likely N-dealkylation sites (tertiary alicyclic amines) is 1. The van der Waals surface area contributed by atoms with Crippen molar-refractivity contribution in [3.8, 4) is 5.75 Å². The zero-order chi connectivity index (χ0) is 21.1. The average Bonchev–Trinajstić information content (AvgIpc) is 3.44. The van der Waals surface area contributed by atoms with Crippen molar-refractivity contribution < 1.29 is 9.53 Å². The van der Waals surface area contributed by atoms with Crippen molar-refractivity contribution in [1.82, 2.24) is 29.9 Å². The fourth-order valence-corrected chi connectivity index (χ4v) is 3.92. The fourth-order valence-electron chi connectivity index (χ4n) is 3.74. The van der Waals surface area contributed by atoms with E-state index < -0.39 is 0 Å². The third-order valence-corrected chi connectivity index (χ3v) is 5.54. The Bertz CT molecular complexity index is 1030. The van der Waals surface area contributed by atoms with E-state index in [4.69, 9.17) is 16.3 Å². The van der Waals surface area contributed by atoms with Crippen LogP contribution in [0.5, 0.6) is 5.75 Å². The second-order valence-electron chi connectivity index (χ2n) is 7.57. The van der Waals surface area contributed by atoms with E-state index in [0.717, 1.165) is 36.0 Å². The zero-order valence-electron chi connectivity index (χ0n) is 17.1. The Morgan fingerprint density at radius 1 is 1.33 bits per heavy atom. The van der Waals surface area contributed by atoms with Crippen LogP contribution in [0.3, 0.4) is 0 Å². The van der Waals surface area contributed by atoms with Crippen molar-refractivity contribution in [2.75, 3.05) is 13.1 Å². The van der Waals surface area contributed by atoms with Gasteiger partial charge in [0.15, 0.2) is 0 Å². The molecule has 0 saturated carbocycles. The summed E-state index contributed by atoms with van der Waals surface area (Å²) in [5.74, 6) is 2.66. The van der Waals surface area contributed by atoms with Crippen LogP contribution in [0.15, 0.2) is 30.3 Å². The molecule has 1 unspecified atom stereocenters. The minimum Gasteiger partial charge on any atom is -0.487 e. The van der Waals surface area contributed by atoms with Gasteiger partial charge >= 0.3 is 0 Å². The van der Waals surface area contributed by atoms with Crippen molar-refractivity contribution in [2.45, 2.75) is 45.8 Å². The van der Waals surface area contributed by atoms with Gasteiger partial charge in [0.1, 0.15) is 24.0 Å². The first-order valence-corrected chi connectivity index (χ1v) is 10.4. The molecule has 1 saturated heterocycles. The van der Waals surface area contributed by atoms with Crippen molar-refractivity contribution in [1.29, 1.82) is 0 Å². The first-order valence-electron chi connectivity index (χ1n) is 10.1. The molecule has 1 aliphatic heterocycles. The normalized spacial score (nSPS) is 16.2. The lowest BCUT2D eigenvalue weighted by atomic mass is 10.1. The molecule has 0 aliphatic carbocycles. The number of aryl methyl sites for hydroxylation is 3. The van der Waals surface area contributed by atoms with Crippen molar-refractivity contribution in [3.63, 3.8) is 0 Å². The Morgan fingerprint density at radius 2 is 2.20 bits per heavy atom. The maximum atomic E-state index is 12.6. The third kappa shape index (κ3) is 4.81. The molecular formula is C21H25ClN6O2. The maximum absolute atomic E-state index is 12.6. The van der Waals surface area contributed by atoms with E-state index >= 15 is 0 Å². The van der Waals surface area contributed by atoms with Crippen LogP contribution in [0.2, 0.25) is 5.02 Å². The topological polar surface area (TPSA) is 88.9 Å². The van der Waals surface area contributed by atoms with Gasteiger partial charge < -0.3 is 9.64 Å². The summed E-state index contributed by atoms with van der Waals surface area (Å²) in [7, 11) is 0. The van der Waals surface area contributed by atoms with E-state index in [-0.39, 0.29) is 11.8 Å². The lowest BCUT2D eigenvalue weighted by Crippen LogP contribution is -2.29. The molecule has 1 atom stereocenters. The number of nitrogens with zero attached hydrogens (tertiary/aromatic N) is 5. The minimum absolute atomic E-state index is 0.144. The number of halogens is 1. The molecule has 0 spiro atoms. The molecule has 3 heterocycles. The van der Waals surface area contributed by atoms with E-state index in [1.807, 2.05) is 43.0 Å². The minimum atomic E-state index is 0.144. The van der Waals surface area contributed by atoms with Gasteiger partial charge in [-0.05, 0) is 44.5 Å². The third-order valence-electron chi connectivity index (χ3n) is 5.30. The summed E-state index contributed by atoms with van der Waals surface area (Å²) in [6.45, 7) is 6.14. The molecule has 8 nitrogen and oxygen atoms in total. The van der Waals surface area contributed by atoms with Gasteiger partial charge in [0.2, 0.25) is 5.91 Å². The van der Waals surface area contributed by atoms with Crippen LogP contribution in [0.1, 0.15) is 41.8 Å². The number of hydrogen-bond acceptors (Lipinski definition) is 5. The SMILES string of the molecule is Cc1nc(C)n(CCC(=O)N2CCC(c3cc(COc4cccc(Cl)c4)[nH]n3)C2)n1. The molecular weight excluding hydrogens is 404 g/mol. The molecule has 158 valence electrons. The lowest BCUT2D eigenvalue weighted by molar-refractivity contribution is -0.130. The molecule has 3 aromatic rings. The first kappa shape index (κ1) is 20.4. The Hall–Kier alpha value is -2.87. The number of benzene rings is 1. The Morgan fingerprint density at radius 3 is 2.97 bits per heavy atom. The summed E-state index contributed by atoms with van der Waals surface area (Å²) in [4.78, 5) is 18.8. The van der Waals surface area contributed by atoms with Crippen molar-refractivity contribution in [3.05, 3.63) is 58.4 Å². The number of carbonyl (C=O) groups excluding carboxylic acids is 1. The largest absolute Gasteiger partial charge is 0.487 e. The smallest absolute Gasteiger partial charge is 0.224 e. The molecule has 1 amide bonds. The second-order valence-corrected chi connectivity index (χ2v) is 8.01. The van der Waals surface area contributed by atoms with Gasteiger partial charge in [0, 0.05) is 30.5 Å². The quantitative estimate of drug-likeness (QED) is 0.624. The Kier molecular flexibility index (Phi) is 6.03. The maximum Gasteiger partial charge on any atom is 0.224 e. The van der Waals surface area contributed by atoms with Crippen LogP contribution >= 0.6 is 11.6 Å². The van der Waals surface area contributed by atoms with Gasteiger partial charge in [-0.25, -0.2) is 9.67 Å². The molecule has 9 heteroatoms. The number of carbonyl (C=O) groups is 1. The standard InChI is InChI=1S/C21H25ClN6O2/c1-14-23-15(2)28(26-14)9-7-21(29)27-8-6-16(12-27)20-11-18(24-25-20)13-30-19-5-3-4-17(22)10-19/h3-5,10-11,16H,6-9,12-13H2,1-2H3,(H,24,25). The highest BCUT2D eigenvalue weighted by Crippen LogP contribution is 2.27. The van der Waals surface area contributed by atoms with E-state index in [1.54, 1.807) is 10.7 Å². The summed E-state index contributed by atoms with van der Waals surface area (Å²) in [6, 6.07) is 9.33. The highest BCUT2D eigenvalue weighted by molar-refractivity contribution is 6.30. The number of H-pyrrole nitrogens is 1. The molecule has 1 fully saturated rings. The highest BCUT2D eigenvalue weighted by atomic mass is 35.5. The average molecular weight is 429 g/mol. The van der Waals surface area contributed by atoms with Crippen molar-refractivity contribution in [2.24, 2.45) is 0 Å². The van der Waals surface area contributed by atoms with Crippen LogP contribution in [0.4, 0.5) is 0 Å². The van der Waals surface area contributed by atoms with Crippen molar-refractivity contribution >= 4 is 17.5 Å². The van der Waals surface area contributed by atoms with Gasteiger partial charge in [-0.2, -0.15) is 10.2 Å². The highest BCUT2D eigenvalue weighted by Gasteiger charge is 2.28. The van der Waals surface area contributed by atoms with Crippen LogP contribution in [0, 0.1) is 13.8 Å². The van der Waals surface area contributed by atoms with E-state index in [1.165, 1.54) is 0 Å². The summed E-state index contributed by atoms with van der Waals surface area (Å²) in [5, 5.41) is 12.4. The summed E-state index contributed by atoms with van der Waals surface area (Å²) in [6.07, 6.45) is 1.34. The van der Waals surface area contributed by atoms with E-state index in [0.29, 0.717) is 36.9 Å². The van der Waals surface area contributed by atoms with Crippen LogP contribution in [0.25, 0.3) is 0 Å². The molecule has 2 aromatic heterocycles. The van der Waals surface area contributed by atoms with Gasteiger partial charge in [0.25, 0.3) is 0 Å². The number of rotatable bonds is 7. The summed E-state index contributed by atoms with van der Waals surface area (Å²) < 4.78 is 7.55. The Labute approximate surface area is 180 Å². The monoisotopic (exact) mass is 428 g/mol. The van der Waals surface area contributed by atoms with Gasteiger partial charge in [0.05, 0.1) is 17.9 Å². The number of nitrogens with one attached hydrogen (secondary N) is 1. The fraction of sp³-hybridized carbons (Fsp3) is 0.429. The predicted molar refractivity (Wildman–Crippen MR) is 112 cm³/mol. The zero-order valence-corrected chi connectivity index (χ0v) is 17.9. The number of hydrogen-bond donors (Lipinski definition) is 1. The van der Waals surface area contributed by atoms with Crippen LogP contribution < -0.4 is 4.74 Å². The molecule has 1 aliphatic rings. The Balaban J connectivity index is 1.28. The lowest BCUT2D eigenvalue weighted by Gasteiger charge is -2.16. The van der Waals surface area contributed by atoms with E-state index in [9.17, 15) is 4.79 Å². The second kappa shape index (κ2) is 8.87. The van der Waals surface area contributed by atoms with Gasteiger partial charge in [-0.1, -0.05) is 17.7 Å².